The van der Waals surface area contributed by atoms with E-state index in [0.29, 0.717) is 19.3 Å². The molecule has 3 fully saturated rings. The fraction of sp³-hybridized carbons (Fsp3) is 0.500. The zero-order chi connectivity index (χ0) is 22.6. The number of fused-ring (bicyclic) bond motifs is 4. The minimum absolute atomic E-state index is 0.0498. The summed E-state index contributed by atoms with van der Waals surface area (Å²) in [7, 11) is 1.67. The summed E-state index contributed by atoms with van der Waals surface area (Å²) < 4.78 is 10.8. The van der Waals surface area contributed by atoms with Gasteiger partial charge in [0.2, 0.25) is 0 Å². The predicted octanol–water partition coefficient (Wildman–Crippen LogP) is 4.10. The highest BCUT2D eigenvalue weighted by molar-refractivity contribution is 5.76. The van der Waals surface area contributed by atoms with Crippen LogP contribution in [0.25, 0.3) is 11.1 Å². The molecule has 3 saturated heterocycles. The van der Waals surface area contributed by atoms with Crippen molar-refractivity contribution in [1.29, 1.82) is 0 Å². The lowest BCUT2D eigenvalue weighted by atomic mass is 9.92. The molecule has 1 N–H and O–H groups in total. The molecular formula is C26H35N3O3. The van der Waals surface area contributed by atoms with Gasteiger partial charge in [0.1, 0.15) is 12.4 Å². The number of piperidine rings is 1. The molecular weight excluding hydrogens is 402 g/mol. The van der Waals surface area contributed by atoms with E-state index in [-0.39, 0.29) is 6.03 Å². The number of hydrogen-bond acceptors (Lipinski definition) is 4. The van der Waals surface area contributed by atoms with Gasteiger partial charge in [-0.05, 0) is 55.5 Å². The fourth-order valence-corrected chi connectivity index (χ4v) is 4.65. The van der Waals surface area contributed by atoms with Crippen molar-refractivity contribution in [1.82, 2.24) is 15.1 Å². The zero-order valence-electron chi connectivity index (χ0n) is 19.5. The highest BCUT2D eigenvalue weighted by Crippen LogP contribution is 2.28. The van der Waals surface area contributed by atoms with Gasteiger partial charge in [0.05, 0.1) is 12.1 Å². The molecule has 0 saturated carbocycles. The van der Waals surface area contributed by atoms with Gasteiger partial charge in [0.25, 0.3) is 0 Å². The van der Waals surface area contributed by atoms with E-state index >= 15 is 0 Å². The van der Waals surface area contributed by atoms with E-state index in [2.05, 4.69) is 59.3 Å². The maximum absolute atomic E-state index is 13.1. The Kier molecular flexibility index (Phi) is 7.01. The van der Waals surface area contributed by atoms with Crippen LogP contribution in [-0.4, -0.2) is 68.4 Å². The SMILES string of the molecule is COCCOc1cccc(-c2ccc(C(C)(C)NC(=O)N3CCN4CCC3CC4)cc2)c1. The van der Waals surface area contributed by atoms with Crippen molar-refractivity contribution in [2.75, 3.05) is 46.5 Å². The quantitative estimate of drug-likeness (QED) is 0.663. The van der Waals surface area contributed by atoms with Crippen molar-refractivity contribution in [2.24, 2.45) is 0 Å². The summed E-state index contributed by atoms with van der Waals surface area (Å²) in [6, 6.07) is 16.9. The molecule has 3 aliphatic heterocycles. The Hall–Kier alpha value is -2.57. The van der Waals surface area contributed by atoms with Gasteiger partial charge in [-0.2, -0.15) is 0 Å². The number of nitrogens with one attached hydrogen (secondary N) is 1. The van der Waals surface area contributed by atoms with Crippen molar-refractivity contribution in [3.05, 3.63) is 54.1 Å². The maximum atomic E-state index is 13.1. The molecule has 3 aliphatic rings. The highest BCUT2D eigenvalue weighted by atomic mass is 16.5. The molecule has 3 heterocycles. The van der Waals surface area contributed by atoms with Crippen LogP contribution in [0.4, 0.5) is 4.79 Å². The van der Waals surface area contributed by atoms with Crippen LogP contribution in [0.15, 0.2) is 48.5 Å². The monoisotopic (exact) mass is 437 g/mol. The molecule has 6 nitrogen and oxygen atoms in total. The third-order valence-electron chi connectivity index (χ3n) is 6.67. The van der Waals surface area contributed by atoms with Crippen LogP contribution in [0.2, 0.25) is 0 Å². The van der Waals surface area contributed by atoms with Gasteiger partial charge in [-0.15, -0.1) is 0 Å². The summed E-state index contributed by atoms with van der Waals surface area (Å²) in [6.45, 7) is 9.25. The highest BCUT2D eigenvalue weighted by Gasteiger charge is 2.34. The van der Waals surface area contributed by atoms with Crippen molar-refractivity contribution < 1.29 is 14.3 Å². The van der Waals surface area contributed by atoms with E-state index in [4.69, 9.17) is 9.47 Å². The lowest BCUT2D eigenvalue weighted by Gasteiger charge is -2.35. The molecule has 0 aromatic heterocycles. The molecule has 0 radical (unpaired) electrons. The Morgan fingerprint density at radius 2 is 1.75 bits per heavy atom. The molecule has 2 aromatic rings. The fourth-order valence-electron chi connectivity index (χ4n) is 4.65. The van der Waals surface area contributed by atoms with Crippen LogP contribution in [0.3, 0.4) is 0 Å². The van der Waals surface area contributed by atoms with E-state index in [1.807, 2.05) is 18.2 Å². The van der Waals surface area contributed by atoms with Crippen LogP contribution in [0.5, 0.6) is 5.75 Å². The number of rotatable bonds is 7. The minimum Gasteiger partial charge on any atom is -0.491 e. The molecule has 0 unspecified atom stereocenters. The molecule has 0 spiro atoms. The number of urea groups is 1. The van der Waals surface area contributed by atoms with Gasteiger partial charge in [-0.3, -0.25) is 0 Å². The van der Waals surface area contributed by atoms with Crippen LogP contribution in [0, 0.1) is 0 Å². The molecule has 2 aromatic carbocycles. The predicted molar refractivity (Wildman–Crippen MR) is 127 cm³/mol. The Morgan fingerprint density at radius 3 is 2.47 bits per heavy atom. The Bertz CT molecular complexity index is 905. The second kappa shape index (κ2) is 9.92. The summed E-state index contributed by atoms with van der Waals surface area (Å²) in [5.74, 6) is 0.833. The number of amides is 2. The first-order valence-corrected chi connectivity index (χ1v) is 11.6. The minimum atomic E-state index is -0.453. The van der Waals surface area contributed by atoms with E-state index < -0.39 is 5.54 Å². The number of carbonyl (C=O) groups excluding carboxylic acids is 1. The Labute approximate surface area is 191 Å². The second-order valence-electron chi connectivity index (χ2n) is 9.27. The number of ether oxygens (including phenoxy) is 2. The standard InChI is InChI=1S/C26H35N3O3/c1-26(2,27-25(30)29-16-15-28-13-11-23(29)12-14-28)22-9-7-20(8-10-22)21-5-4-6-24(19-21)32-18-17-31-3/h4-10,19,23H,11-18H2,1-3H3,(H,27,30). The first kappa shape index (κ1) is 22.6. The topological polar surface area (TPSA) is 54.0 Å². The van der Waals surface area contributed by atoms with Crippen molar-refractivity contribution in [3.63, 3.8) is 0 Å². The van der Waals surface area contributed by atoms with Crippen molar-refractivity contribution in [3.8, 4) is 16.9 Å². The molecule has 2 bridgehead atoms. The number of carbonyl (C=O) groups is 1. The van der Waals surface area contributed by atoms with Crippen molar-refractivity contribution >= 4 is 6.03 Å². The molecule has 0 atom stereocenters. The number of methoxy groups -OCH3 is 1. The average Bonchev–Trinajstić information content (AvgIpc) is 3.13. The van der Waals surface area contributed by atoms with Gasteiger partial charge in [-0.1, -0.05) is 36.4 Å². The molecule has 6 heteroatoms. The Balaban J connectivity index is 1.42. The lowest BCUT2D eigenvalue weighted by Crippen LogP contribution is -2.52. The second-order valence-corrected chi connectivity index (χ2v) is 9.27. The van der Waals surface area contributed by atoms with Gasteiger partial charge in [-0.25, -0.2) is 4.79 Å². The Morgan fingerprint density at radius 1 is 1.00 bits per heavy atom. The smallest absolute Gasteiger partial charge is 0.318 e. The van der Waals surface area contributed by atoms with Crippen LogP contribution in [-0.2, 0) is 10.3 Å². The molecule has 32 heavy (non-hydrogen) atoms. The van der Waals surface area contributed by atoms with E-state index in [1.54, 1.807) is 7.11 Å². The van der Waals surface area contributed by atoms with Gasteiger partial charge >= 0.3 is 6.03 Å². The number of benzene rings is 2. The number of nitrogens with zero attached hydrogens (tertiary/aromatic N) is 2. The lowest BCUT2D eigenvalue weighted by molar-refractivity contribution is 0.146. The molecule has 2 amide bonds. The normalized spacial score (nSPS) is 20.7. The number of hydrogen-bond donors (Lipinski definition) is 1. The first-order valence-electron chi connectivity index (χ1n) is 11.6. The van der Waals surface area contributed by atoms with Crippen LogP contribution in [0.1, 0.15) is 32.3 Å². The summed E-state index contributed by atoms with van der Waals surface area (Å²) in [5, 5.41) is 3.29. The van der Waals surface area contributed by atoms with Gasteiger partial charge < -0.3 is 24.6 Å². The zero-order valence-corrected chi connectivity index (χ0v) is 19.5. The first-order chi connectivity index (χ1) is 15.5. The van der Waals surface area contributed by atoms with E-state index in [0.717, 1.165) is 61.5 Å². The third kappa shape index (κ3) is 5.25. The van der Waals surface area contributed by atoms with Gasteiger partial charge in [0.15, 0.2) is 0 Å². The largest absolute Gasteiger partial charge is 0.491 e. The summed E-state index contributed by atoms with van der Waals surface area (Å²) in [6.07, 6.45) is 2.16. The maximum Gasteiger partial charge on any atom is 0.318 e. The van der Waals surface area contributed by atoms with Crippen LogP contribution >= 0.6 is 0 Å². The average molecular weight is 438 g/mol. The van der Waals surface area contributed by atoms with E-state index in [9.17, 15) is 4.79 Å². The van der Waals surface area contributed by atoms with Crippen molar-refractivity contribution in [2.45, 2.75) is 38.3 Å². The van der Waals surface area contributed by atoms with E-state index in [1.165, 1.54) is 0 Å². The summed E-state index contributed by atoms with van der Waals surface area (Å²) in [5.41, 5.74) is 2.85. The molecule has 172 valence electrons. The van der Waals surface area contributed by atoms with Gasteiger partial charge in [0, 0.05) is 39.3 Å². The summed E-state index contributed by atoms with van der Waals surface area (Å²) >= 11 is 0. The van der Waals surface area contributed by atoms with Crippen LogP contribution < -0.4 is 10.1 Å². The molecule has 0 aliphatic carbocycles. The summed E-state index contributed by atoms with van der Waals surface area (Å²) in [4.78, 5) is 17.7. The third-order valence-corrected chi connectivity index (χ3v) is 6.67. The molecule has 5 rings (SSSR count).